The number of amides is 2. The van der Waals surface area contributed by atoms with Gasteiger partial charge in [-0.15, -0.1) is 0 Å². The first-order valence-electron chi connectivity index (χ1n) is 14.2. The number of nitrogens with one attached hydrogen (secondary N) is 1. The van der Waals surface area contributed by atoms with E-state index in [4.69, 9.17) is 27.9 Å². The third-order valence-corrected chi connectivity index (χ3v) is 8.91. The molecule has 218 valence electrons. The number of benzene rings is 3. The second-order valence-electron chi connectivity index (χ2n) is 10.9. The van der Waals surface area contributed by atoms with Gasteiger partial charge in [0.15, 0.2) is 6.61 Å². The van der Waals surface area contributed by atoms with E-state index in [0.717, 1.165) is 41.3 Å². The zero-order chi connectivity index (χ0) is 29.4. The molecule has 0 radical (unpaired) electrons. The predicted octanol–water partition coefficient (Wildman–Crippen LogP) is 8.35. The molecule has 1 aliphatic carbocycles. The van der Waals surface area contributed by atoms with Crippen molar-refractivity contribution in [1.82, 2.24) is 10.2 Å². The summed E-state index contributed by atoms with van der Waals surface area (Å²) in [5, 5.41) is 4.12. The molecule has 8 heteroatoms. The van der Waals surface area contributed by atoms with Gasteiger partial charge in [-0.05, 0) is 70.1 Å². The van der Waals surface area contributed by atoms with Crippen LogP contribution in [-0.2, 0) is 22.6 Å². The minimum Gasteiger partial charge on any atom is -0.483 e. The number of carbonyl (C=O) groups excluding carboxylic acids is 2. The van der Waals surface area contributed by atoms with Gasteiger partial charge in [-0.1, -0.05) is 98.8 Å². The maximum Gasteiger partial charge on any atom is 0.261 e. The maximum absolute atomic E-state index is 14.0. The number of nitrogens with zero attached hydrogens (tertiary/aromatic N) is 1. The van der Waals surface area contributed by atoms with Crippen molar-refractivity contribution in [2.24, 2.45) is 0 Å². The average Bonchev–Trinajstić information content (AvgIpc) is 2.96. The van der Waals surface area contributed by atoms with E-state index >= 15 is 0 Å². The van der Waals surface area contributed by atoms with Gasteiger partial charge < -0.3 is 15.0 Å². The second kappa shape index (κ2) is 15.1. The minimum absolute atomic E-state index is 0.0732. The lowest BCUT2D eigenvalue weighted by Crippen LogP contribution is -2.53. The monoisotopic (exact) mass is 658 g/mol. The highest BCUT2D eigenvalue weighted by Crippen LogP contribution is 2.30. The third kappa shape index (κ3) is 8.73. The van der Waals surface area contributed by atoms with E-state index in [9.17, 15) is 9.59 Å². The first-order chi connectivity index (χ1) is 19.7. The van der Waals surface area contributed by atoms with E-state index in [2.05, 4.69) is 35.1 Å². The lowest BCUT2D eigenvalue weighted by molar-refractivity contribution is -0.143. The van der Waals surface area contributed by atoms with Crippen molar-refractivity contribution in [3.63, 3.8) is 0 Å². The van der Waals surface area contributed by atoms with Crippen molar-refractivity contribution in [3.05, 3.63) is 97.9 Å². The van der Waals surface area contributed by atoms with Crippen molar-refractivity contribution in [3.8, 4) is 5.75 Å². The van der Waals surface area contributed by atoms with Crippen molar-refractivity contribution in [1.29, 1.82) is 0 Å². The van der Waals surface area contributed by atoms with E-state index in [1.54, 1.807) is 23.1 Å². The van der Waals surface area contributed by atoms with Gasteiger partial charge in [0.2, 0.25) is 5.91 Å². The van der Waals surface area contributed by atoms with Crippen LogP contribution < -0.4 is 10.1 Å². The van der Waals surface area contributed by atoms with Gasteiger partial charge in [-0.25, -0.2) is 0 Å². The molecule has 3 aromatic rings. The van der Waals surface area contributed by atoms with Crippen LogP contribution in [0.25, 0.3) is 0 Å². The number of rotatable bonds is 11. The number of halogens is 3. The Kier molecular flexibility index (Phi) is 11.5. The summed E-state index contributed by atoms with van der Waals surface area (Å²) in [4.78, 5) is 29.5. The van der Waals surface area contributed by atoms with Gasteiger partial charge in [0.05, 0.1) is 4.47 Å². The van der Waals surface area contributed by atoms with E-state index < -0.39 is 6.04 Å². The van der Waals surface area contributed by atoms with Crippen molar-refractivity contribution >= 4 is 50.9 Å². The van der Waals surface area contributed by atoms with Gasteiger partial charge >= 0.3 is 0 Å². The molecule has 5 nitrogen and oxygen atoms in total. The predicted molar refractivity (Wildman–Crippen MR) is 170 cm³/mol. The quantitative estimate of drug-likeness (QED) is 0.225. The molecule has 0 heterocycles. The zero-order valence-corrected chi connectivity index (χ0v) is 26.6. The first-order valence-corrected chi connectivity index (χ1v) is 15.8. The summed E-state index contributed by atoms with van der Waals surface area (Å²) in [6.45, 7) is 4.07. The molecule has 1 fully saturated rings. The Morgan fingerprint density at radius 2 is 1.66 bits per heavy atom. The van der Waals surface area contributed by atoms with E-state index in [1.165, 1.54) is 6.42 Å². The SMILES string of the molecule is CC(C)c1ccc(OCC(=O)N(Cc2c(Cl)cccc2Cl)[C@@H](Cc2ccccc2)C(=O)NC2CCCCC2)c(Br)c1. The summed E-state index contributed by atoms with van der Waals surface area (Å²) >= 11 is 16.7. The number of hydrogen-bond donors (Lipinski definition) is 1. The van der Waals surface area contributed by atoms with Crippen LogP contribution in [0.4, 0.5) is 0 Å². The molecule has 0 aliphatic heterocycles. The molecule has 4 rings (SSSR count). The average molecular weight is 660 g/mol. The summed E-state index contributed by atoms with van der Waals surface area (Å²) < 4.78 is 6.78. The summed E-state index contributed by atoms with van der Waals surface area (Å²) in [7, 11) is 0. The highest BCUT2D eigenvalue weighted by atomic mass is 79.9. The van der Waals surface area contributed by atoms with Crippen LogP contribution in [0.3, 0.4) is 0 Å². The van der Waals surface area contributed by atoms with E-state index in [0.29, 0.717) is 33.7 Å². The highest BCUT2D eigenvalue weighted by molar-refractivity contribution is 9.10. The Hall–Kier alpha value is -2.54. The molecule has 0 spiro atoms. The molecule has 1 N–H and O–H groups in total. The summed E-state index contributed by atoms with van der Waals surface area (Å²) in [5.74, 6) is 0.407. The van der Waals surface area contributed by atoms with E-state index in [-0.39, 0.29) is 31.0 Å². The van der Waals surface area contributed by atoms with Crippen LogP contribution in [0.1, 0.15) is 68.6 Å². The topological polar surface area (TPSA) is 58.6 Å². The molecule has 1 atom stereocenters. The second-order valence-corrected chi connectivity index (χ2v) is 12.6. The summed E-state index contributed by atoms with van der Waals surface area (Å²) in [6.07, 6.45) is 5.59. The third-order valence-electron chi connectivity index (χ3n) is 7.59. The van der Waals surface area contributed by atoms with Gasteiger partial charge in [-0.3, -0.25) is 9.59 Å². The lowest BCUT2D eigenvalue weighted by atomic mass is 9.94. The molecule has 0 unspecified atom stereocenters. The van der Waals surface area contributed by atoms with Gasteiger partial charge in [-0.2, -0.15) is 0 Å². The highest BCUT2D eigenvalue weighted by Gasteiger charge is 2.33. The first kappa shape index (κ1) is 31.4. The molecule has 2 amide bonds. The smallest absolute Gasteiger partial charge is 0.261 e. The molecule has 1 aliphatic rings. The standard InChI is InChI=1S/C33H37BrCl2N2O3/c1-22(2)24-16-17-31(27(34)19-24)41-21-32(39)38(20-26-28(35)14-9-15-29(26)36)30(18-23-10-5-3-6-11-23)33(40)37-25-12-7-4-8-13-25/h3,5-6,9-11,14-17,19,22,25,30H,4,7-8,12-13,18,20-21H2,1-2H3,(H,37,40)/t30-/m0/s1. The van der Waals surface area contributed by atoms with Gasteiger partial charge in [0.25, 0.3) is 5.91 Å². The molecule has 0 saturated heterocycles. The Balaban J connectivity index is 1.64. The van der Waals surface area contributed by atoms with Crippen LogP contribution in [0, 0.1) is 0 Å². The Bertz CT molecular complexity index is 1310. The molecular formula is C33H37BrCl2N2O3. The fourth-order valence-electron chi connectivity index (χ4n) is 5.17. The molecule has 1 saturated carbocycles. The maximum atomic E-state index is 14.0. The Morgan fingerprint density at radius 3 is 2.29 bits per heavy atom. The fourth-order valence-corrected chi connectivity index (χ4v) is 6.20. The van der Waals surface area contributed by atoms with Crippen LogP contribution in [0.15, 0.2) is 71.2 Å². The molecule has 0 aromatic heterocycles. The number of ether oxygens (including phenoxy) is 1. The van der Waals surface area contributed by atoms with Gasteiger partial charge in [0, 0.05) is 34.6 Å². The number of hydrogen-bond acceptors (Lipinski definition) is 3. The number of carbonyl (C=O) groups is 2. The van der Waals surface area contributed by atoms with Crippen LogP contribution in [0.5, 0.6) is 5.75 Å². The Morgan fingerprint density at radius 1 is 0.976 bits per heavy atom. The van der Waals surface area contributed by atoms with Crippen LogP contribution in [-0.4, -0.2) is 35.4 Å². The lowest BCUT2D eigenvalue weighted by Gasteiger charge is -2.33. The minimum atomic E-state index is -0.783. The summed E-state index contributed by atoms with van der Waals surface area (Å²) in [6, 6.07) is 20.2. The fraction of sp³-hybridized carbons (Fsp3) is 0.394. The molecular weight excluding hydrogens is 623 g/mol. The molecule has 3 aromatic carbocycles. The van der Waals surface area contributed by atoms with Gasteiger partial charge in [0.1, 0.15) is 11.8 Å². The van der Waals surface area contributed by atoms with Crippen LogP contribution in [0.2, 0.25) is 10.0 Å². The largest absolute Gasteiger partial charge is 0.483 e. The molecule has 0 bridgehead atoms. The van der Waals surface area contributed by atoms with Crippen LogP contribution >= 0.6 is 39.1 Å². The Labute approximate surface area is 261 Å². The zero-order valence-electron chi connectivity index (χ0n) is 23.5. The normalized spacial score (nSPS) is 14.5. The van der Waals surface area contributed by atoms with E-state index in [1.807, 2.05) is 48.5 Å². The van der Waals surface area contributed by atoms with Crippen molar-refractivity contribution < 1.29 is 14.3 Å². The van der Waals surface area contributed by atoms with Crippen molar-refractivity contribution in [2.45, 2.75) is 76.9 Å². The van der Waals surface area contributed by atoms with Crippen molar-refractivity contribution in [2.75, 3.05) is 6.61 Å². The summed E-state index contributed by atoms with van der Waals surface area (Å²) in [5.41, 5.74) is 2.70. The molecule has 41 heavy (non-hydrogen) atoms.